The van der Waals surface area contributed by atoms with Crippen molar-refractivity contribution in [2.75, 3.05) is 13.1 Å². The Labute approximate surface area is 151 Å². The lowest BCUT2D eigenvalue weighted by Crippen LogP contribution is -2.45. The summed E-state index contributed by atoms with van der Waals surface area (Å²) in [5.74, 6) is -3.51. The third-order valence-corrected chi connectivity index (χ3v) is 4.35. The topological polar surface area (TPSA) is 96.5 Å². The number of carbonyl (C=O) groups excluding carboxylic acids is 1. The van der Waals surface area contributed by atoms with Gasteiger partial charge in [0.15, 0.2) is 0 Å². The smallest absolute Gasteiger partial charge is 0.471 e. The Morgan fingerprint density at radius 3 is 2.44 bits per heavy atom. The monoisotopic (exact) mass is 383 g/mol. The molecule has 2 unspecified atom stereocenters. The summed E-state index contributed by atoms with van der Waals surface area (Å²) in [5, 5.41) is 12.5. The summed E-state index contributed by atoms with van der Waals surface area (Å²) in [4.78, 5) is 28.6. The van der Waals surface area contributed by atoms with Crippen LogP contribution in [-0.2, 0) is 11.0 Å². The fourth-order valence-electron chi connectivity index (χ4n) is 3.10. The number of rotatable bonds is 3. The first-order valence-corrected chi connectivity index (χ1v) is 8.18. The van der Waals surface area contributed by atoms with Crippen LogP contribution in [0, 0.1) is 11.8 Å². The van der Waals surface area contributed by atoms with Crippen molar-refractivity contribution in [1.82, 2.24) is 15.0 Å². The summed E-state index contributed by atoms with van der Waals surface area (Å²) in [6.07, 6.45) is -4.22. The first-order valence-electron chi connectivity index (χ1n) is 8.18. The average Bonchev–Trinajstić information content (AvgIpc) is 3.11. The Morgan fingerprint density at radius 1 is 1.22 bits per heavy atom. The van der Waals surface area contributed by atoms with E-state index >= 15 is 0 Å². The number of amides is 1. The molecule has 0 saturated carbocycles. The van der Waals surface area contributed by atoms with Gasteiger partial charge in [0.05, 0.1) is 5.92 Å². The zero-order valence-corrected chi connectivity index (χ0v) is 14.2. The average molecular weight is 383 g/mol. The largest absolute Gasteiger partial charge is 0.481 e. The quantitative estimate of drug-likeness (QED) is 0.875. The fourth-order valence-corrected chi connectivity index (χ4v) is 3.10. The highest BCUT2D eigenvalue weighted by Crippen LogP contribution is 2.29. The van der Waals surface area contributed by atoms with Gasteiger partial charge < -0.3 is 14.5 Å². The summed E-state index contributed by atoms with van der Waals surface area (Å²) in [6, 6.07) is 5.72. The van der Waals surface area contributed by atoms with Gasteiger partial charge in [0, 0.05) is 24.2 Å². The molecule has 0 radical (unpaired) electrons. The molecular formula is C17H16F3N3O4. The molecule has 1 aliphatic heterocycles. The third-order valence-electron chi connectivity index (χ3n) is 4.35. The zero-order chi connectivity index (χ0) is 19.8. The van der Waals surface area contributed by atoms with Gasteiger partial charge in [-0.3, -0.25) is 9.59 Å². The lowest BCUT2D eigenvalue weighted by Gasteiger charge is -2.34. The van der Waals surface area contributed by atoms with E-state index in [0.29, 0.717) is 18.5 Å². The molecule has 0 aliphatic carbocycles. The first kappa shape index (κ1) is 18.9. The van der Waals surface area contributed by atoms with E-state index in [1.54, 1.807) is 0 Å². The second-order valence-electron chi connectivity index (χ2n) is 6.58. The van der Waals surface area contributed by atoms with Crippen molar-refractivity contribution in [3.05, 3.63) is 35.7 Å². The van der Waals surface area contributed by atoms with Crippen molar-refractivity contribution < 1.29 is 32.4 Å². The van der Waals surface area contributed by atoms with Crippen molar-refractivity contribution in [3.63, 3.8) is 0 Å². The molecule has 1 saturated heterocycles. The van der Waals surface area contributed by atoms with Gasteiger partial charge >= 0.3 is 18.0 Å². The Kier molecular flexibility index (Phi) is 4.90. The number of nitrogens with zero attached hydrogens (tertiary/aromatic N) is 3. The summed E-state index contributed by atoms with van der Waals surface area (Å²) in [6.45, 7) is 2.46. The van der Waals surface area contributed by atoms with E-state index < -0.39 is 24.0 Å². The lowest BCUT2D eigenvalue weighted by molar-refractivity contribution is -0.159. The molecule has 1 aliphatic rings. The second kappa shape index (κ2) is 7.01. The molecule has 3 rings (SSSR count). The van der Waals surface area contributed by atoms with Crippen molar-refractivity contribution in [1.29, 1.82) is 0 Å². The maximum atomic E-state index is 12.6. The molecule has 1 aromatic heterocycles. The summed E-state index contributed by atoms with van der Waals surface area (Å²) in [7, 11) is 0. The van der Waals surface area contributed by atoms with Crippen LogP contribution in [0.1, 0.15) is 29.6 Å². The number of aromatic nitrogens is 2. The van der Waals surface area contributed by atoms with Gasteiger partial charge in [-0.1, -0.05) is 24.2 Å². The highest BCUT2D eigenvalue weighted by Gasteiger charge is 2.38. The minimum atomic E-state index is -4.73. The van der Waals surface area contributed by atoms with E-state index in [2.05, 4.69) is 14.7 Å². The van der Waals surface area contributed by atoms with Crippen molar-refractivity contribution in [2.45, 2.75) is 19.5 Å². The molecule has 0 bridgehead atoms. The van der Waals surface area contributed by atoms with Crippen LogP contribution >= 0.6 is 0 Å². The number of piperidine rings is 1. The molecule has 7 nitrogen and oxygen atoms in total. The normalized spacial score (nSPS) is 20.5. The van der Waals surface area contributed by atoms with Crippen LogP contribution in [-0.4, -0.2) is 45.1 Å². The number of alkyl halides is 3. The molecule has 2 aromatic rings. The van der Waals surface area contributed by atoms with Crippen LogP contribution in [0.15, 0.2) is 28.8 Å². The number of aliphatic carboxylic acids is 1. The maximum Gasteiger partial charge on any atom is 0.471 e. The minimum absolute atomic E-state index is 0.0585. The Hall–Kier alpha value is -2.91. The number of benzene rings is 1. The molecule has 1 amide bonds. The Bertz CT molecular complexity index is 848. The minimum Gasteiger partial charge on any atom is -0.481 e. The molecule has 10 heteroatoms. The van der Waals surface area contributed by atoms with E-state index in [1.165, 1.54) is 29.2 Å². The standard InChI is InChI=1S/C17H16F3N3O4/c1-9-6-12(15(25)26)8-23(7-9)14(24)11-4-2-10(3-5-11)13-21-16(27-22-13)17(18,19)20/h2-5,9,12H,6-8H2,1H3,(H,25,26). The second-order valence-corrected chi connectivity index (χ2v) is 6.58. The van der Waals surface area contributed by atoms with Gasteiger partial charge in [-0.15, -0.1) is 0 Å². The van der Waals surface area contributed by atoms with E-state index in [4.69, 9.17) is 0 Å². The molecule has 0 spiro atoms. The predicted octanol–water partition coefficient (Wildman–Crippen LogP) is 2.94. The van der Waals surface area contributed by atoms with Gasteiger partial charge in [0.2, 0.25) is 5.82 Å². The van der Waals surface area contributed by atoms with Crippen LogP contribution in [0.2, 0.25) is 0 Å². The van der Waals surface area contributed by atoms with Crippen molar-refractivity contribution in [3.8, 4) is 11.4 Å². The highest BCUT2D eigenvalue weighted by molar-refractivity contribution is 5.95. The summed E-state index contributed by atoms with van der Waals surface area (Å²) < 4.78 is 41.8. The Morgan fingerprint density at radius 2 is 1.89 bits per heavy atom. The van der Waals surface area contributed by atoms with Gasteiger partial charge in [-0.05, 0) is 24.5 Å². The summed E-state index contributed by atoms with van der Waals surface area (Å²) >= 11 is 0. The number of hydrogen-bond acceptors (Lipinski definition) is 5. The van der Waals surface area contributed by atoms with Crippen LogP contribution in [0.25, 0.3) is 11.4 Å². The van der Waals surface area contributed by atoms with Crippen LogP contribution in [0.5, 0.6) is 0 Å². The SMILES string of the molecule is CC1CC(C(=O)O)CN(C(=O)c2ccc(-c3noc(C(F)(F)F)n3)cc2)C1. The zero-order valence-electron chi connectivity index (χ0n) is 14.2. The van der Waals surface area contributed by atoms with Gasteiger partial charge in [-0.2, -0.15) is 18.2 Å². The Balaban J connectivity index is 1.76. The van der Waals surface area contributed by atoms with E-state index in [0.717, 1.165) is 0 Å². The van der Waals surface area contributed by atoms with Crippen LogP contribution in [0.3, 0.4) is 0 Å². The van der Waals surface area contributed by atoms with Crippen LogP contribution < -0.4 is 0 Å². The first-order chi connectivity index (χ1) is 12.6. The van der Waals surface area contributed by atoms with Crippen molar-refractivity contribution >= 4 is 11.9 Å². The number of likely N-dealkylation sites (tertiary alicyclic amines) is 1. The lowest BCUT2D eigenvalue weighted by atomic mass is 9.90. The van der Waals surface area contributed by atoms with Gasteiger partial charge in [0.25, 0.3) is 5.91 Å². The molecule has 2 atom stereocenters. The van der Waals surface area contributed by atoms with Crippen LogP contribution in [0.4, 0.5) is 13.2 Å². The molecular weight excluding hydrogens is 367 g/mol. The van der Waals surface area contributed by atoms with E-state index in [-0.39, 0.29) is 29.8 Å². The number of carboxylic acids is 1. The maximum absolute atomic E-state index is 12.6. The number of carbonyl (C=O) groups is 2. The van der Waals surface area contributed by atoms with E-state index in [9.17, 15) is 27.9 Å². The molecule has 2 heterocycles. The van der Waals surface area contributed by atoms with Crippen molar-refractivity contribution in [2.24, 2.45) is 11.8 Å². The predicted molar refractivity (Wildman–Crippen MR) is 85.5 cm³/mol. The molecule has 144 valence electrons. The number of hydrogen-bond donors (Lipinski definition) is 1. The van der Waals surface area contributed by atoms with Gasteiger partial charge in [0.1, 0.15) is 0 Å². The van der Waals surface area contributed by atoms with E-state index in [1.807, 2.05) is 6.92 Å². The third kappa shape index (κ3) is 4.09. The number of halogens is 3. The molecule has 1 N–H and O–H groups in total. The molecule has 27 heavy (non-hydrogen) atoms. The number of carboxylic acid groups (broad SMARTS) is 1. The molecule has 1 aromatic carbocycles. The highest BCUT2D eigenvalue weighted by atomic mass is 19.4. The fraction of sp³-hybridized carbons (Fsp3) is 0.412. The van der Waals surface area contributed by atoms with Gasteiger partial charge in [-0.25, -0.2) is 0 Å². The molecule has 1 fully saturated rings. The summed E-state index contributed by atoms with van der Waals surface area (Å²) in [5.41, 5.74) is 0.567.